The van der Waals surface area contributed by atoms with E-state index in [0.717, 1.165) is 12.1 Å². The third kappa shape index (κ3) is 3.33. The molecule has 0 spiro atoms. The molecule has 1 amide bonds. The Morgan fingerprint density at radius 1 is 1.30 bits per heavy atom. The van der Waals surface area contributed by atoms with E-state index in [-0.39, 0.29) is 16.8 Å². The SMILES string of the molecule is O=C(Nc1cc(Cl)ccn1)c1ccc(B(O)O)c(F)c1. The number of carbonyl (C=O) groups is 1. The molecule has 8 heteroatoms. The Hall–Kier alpha value is -1.96. The third-order valence-corrected chi connectivity index (χ3v) is 2.74. The predicted octanol–water partition coefficient (Wildman–Crippen LogP) is 0.806. The molecule has 0 bridgehead atoms. The quantitative estimate of drug-likeness (QED) is 0.732. The molecule has 0 fully saturated rings. The van der Waals surface area contributed by atoms with Gasteiger partial charge in [-0.05, 0) is 24.3 Å². The third-order valence-electron chi connectivity index (χ3n) is 2.50. The van der Waals surface area contributed by atoms with Gasteiger partial charge < -0.3 is 15.4 Å². The molecule has 0 aliphatic rings. The molecule has 1 aromatic heterocycles. The first-order valence-electron chi connectivity index (χ1n) is 5.56. The second-order valence-corrected chi connectivity index (χ2v) is 4.36. The maximum Gasteiger partial charge on any atom is 0.491 e. The van der Waals surface area contributed by atoms with Crippen LogP contribution < -0.4 is 10.8 Å². The Labute approximate surface area is 119 Å². The van der Waals surface area contributed by atoms with E-state index < -0.39 is 18.8 Å². The van der Waals surface area contributed by atoms with E-state index in [1.54, 1.807) is 6.07 Å². The molecular formula is C12H9BClFN2O3. The smallest absolute Gasteiger partial charge is 0.423 e. The van der Waals surface area contributed by atoms with Crippen molar-refractivity contribution >= 4 is 35.9 Å². The zero-order valence-electron chi connectivity index (χ0n) is 10.0. The topological polar surface area (TPSA) is 82.5 Å². The van der Waals surface area contributed by atoms with Gasteiger partial charge in [-0.25, -0.2) is 9.37 Å². The minimum Gasteiger partial charge on any atom is -0.423 e. The van der Waals surface area contributed by atoms with Crippen molar-refractivity contribution in [2.24, 2.45) is 0 Å². The highest BCUT2D eigenvalue weighted by atomic mass is 35.5. The summed E-state index contributed by atoms with van der Waals surface area (Å²) >= 11 is 5.75. The summed E-state index contributed by atoms with van der Waals surface area (Å²) in [6.07, 6.45) is 1.42. The number of pyridine rings is 1. The summed E-state index contributed by atoms with van der Waals surface area (Å²) in [5.74, 6) is -1.24. The van der Waals surface area contributed by atoms with Gasteiger partial charge in [0.05, 0.1) is 0 Å². The number of carbonyl (C=O) groups excluding carboxylic acids is 1. The van der Waals surface area contributed by atoms with Crippen molar-refractivity contribution in [2.75, 3.05) is 5.32 Å². The van der Waals surface area contributed by atoms with Gasteiger partial charge in [0.25, 0.3) is 5.91 Å². The van der Waals surface area contributed by atoms with Crippen molar-refractivity contribution in [1.82, 2.24) is 4.98 Å². The molecule has 0 unspecified atom stereocenters. The number of benzene rings is 1. The van der Waals surface area contributed by atoms with Crippen LogP contribution in [0, 0.1) is 5.82 Å². The van der Waals surface area contributed by atoms with E-state index in [1.165, 1.54) is 18.3 Å². The number of halogens is 2. The van der Waals surface area contributed by atoms with Crippen LogP contribution >= 0.6 is 11.6 Å². The molecule has 0 saturated carbocycles. The molecule has 20 heavy (non-hydrogen) atoms. The Bertz CT molecular complexity index is 654. The number of anilines is 1. The van der Waals surface area contributed by atoms with Crippen LogP contribution in [0.4, 0.5) is 10.2 Å². The predicted molar refractivity (Wildman–Crippen MR) is 73.4 cm³/mol. The fourth-order valence-electron chi connectivity index (χ4n) is 1.54. The standard InChI is InChI=1S/C12H9BClFN2O3/c14-8-3-4-16-11(6-8)17-12(18)7-1-2-9(13(19)20)10(15)5-7/h1-6,19-20H,(H,16,17,18). The summed E-state index contributed by atoms with van der Waals surface area (Å²) in [7, 11) is -1.93. The molecule has 0 aliphatic carbocycles. The Kier molecular flexibility index (Phi) is 4.34. The summed E-state index contributed by atoms with van der Waals surface area (Å²) < 4.78 is 13.5. The van der Waals surface area contributed by atoms with Gasteiger partial charge in [-0.15, -0.1) is 0 Å². The molecule has 0 saturated heterocycles. The molecule has 5 nitrogen and oxygen atoms in total. The van der Waals surface area contributed by atoms with Crippen LogP contribution in [0.1, 0.15) is 10.4 Å². The van der Waals surface area contributed by atoms with E-state index >= 15 is 0 Å². The van der Waals surface area contributed by atoms with E-state index in [9.17, 15) is 9.18 Å². The number of hydrogen-bond acceptors (Lipinski definition) is 4. The van der Waals surface area contributed by atoms with Gasteiger partial charge in [0.15, 0.2) is 0 Å². The van der Waals surface area contributed by atoms with Gasteiger partial charge in [0.2, 0.25) is 0 Å². The fourth-order valence-corrected chi connectivity index (χ4v) is 1.70. The Morgan fingerprint density at radius 3 is 2.65 bits per heavy atom. The first-order chi connectivity index (χ1) is 9.47. The van der Waals surface area contributed by atoms with E-state index in [4.69, 9.17) is 21.6 Å². The summed E-state index contributed by atoms with van der Waals surface area (Å²) in [4.78, 5) is 15.8. The summed E-state index contributed by atoms with van der Waals surface area (Å²) in [5.41, 5.74) is -0.281. The van der Waals surface area contributed by atoms with Gasteiger partial charge in [-0.2, -0.15) is 0 Å². The monoisotopic (exact) mass is 294 g/mol. The molecule has 0 aliphatic heterocycles. The molecular weight excluding hydrogens is 285 g/mol. The number of aromatic nitrogens is 1. The van der Waals surface area contributed by atoms with Crippen LogP contribution in [-0.2, 0) is 0 Å². The molecule has 2 aromatic rings. The van der Waals surface area contributed by atoms with Crippen molar-refractivity contribution in [2.45, 2.75) is 0 Å². The number of hydrogen-bond donors (Lipinski definition) is 3. The van der Waals surface area contributed by atoms with Crippen LogP contribution in [0.2, 0.25) is 5.02 Å². The average molecular weight is 294 g/mol. The first kappa shape index (κ1) is 14.5. The fraction of sp³-hybridized carbons (Fsp3) is 0. The lowest BCUT2D eigenvalue weighted by molar-refractivity contribution is 0.102. The largest absolute Gasteiger partial charge is 0.491 e. The lowest BCUT2D eigenvalue weighted by atomic mass is 9.79. The lowest BCUT2D eigenvalue weighted by Gasteiger charge is -2.07. The summed E-state index contributed by atoms with van der Waals surface area (Å²) in [6.45, 7) is 0. The highest BCUT2D eigenvalue weighted by Crippen LogP contribution is 2.13. The highest BCUT2D eigenvalue weighted by Gasteiger charge is 2.18. The second kappa shape index (κ2) is 6.00. The van der Waals surface area contributed by atoms with Crippen LogP contribution in [0.25, 0.3) is 0 Å². The zero-order valence-corrected chi connectivity index (χ0v) is 10.8. The van der Waals surface area contributed by atoms with Crippen LogP contribution in [0.3, 0.4) is 0 Å². The molecule has 0 atom stereocenters. The maximum atomic E-state index is 13.5. The van der Waals surface area contributed by atoms with Crippen LogP contribution in [0.5, 0.6) is 0 Å². The molecule has 2 rings (SSSR count). The van der Waals surface area contributed by atoms with Crippen molar-refractivity contribution in [3.8, 4) is 0 Å². The zero-order chi connectivity index (χ0) is 14.7. The molecule has 102 valence electrons. The second-order valence-electron chi connectivity index (χ2n) is 3.92. The minimum atomic E-state index is -1.93. The Balaban J connectivity index is 2.19. The van der Waals surface area contributed by atoms with Crippen molar-refractivity contribution in [3.63, 3.8) is 0 Å². The van der Waals surface area contributed by atoms with Gasteiger partial charge in [0, 0.05) is 22.2 Å². The minimum absolute atomic E-state index is 0.0219. The Morgan fingerprint density at radius 2 is 2.05 bits per heavy atom. The van der Waals surface area contributed by atoms with E-state index in [0.29, 0.717) is 5.02 Å². The molecule has 0 radical (unpaired) electrons. The number of rotatable bonds is 3. The van der Waals surface area contributed by atoms with Gasteiger partial charge in [-0.3, -0.25) is 4.79 Å². The highest BCUT2D eigenvalue weighted by molar-refractivity contribution is 6.58. The van der Waals surface area contributed by atoms with E-state index in [2.05, 4.69) is 10.3 Å². The summed E-state index contributed by atoms with van der Waals surface area (Å²) in [5, 5.41) is 20.6. The number of amides is 1. The average Bonchev–Trinajstić information content (AvgIpc) is 2.38. The van der Waals surface area contributed by atoms with E-state index in [1.807, 2.05) is 0 Å². The van der Waals surface area contributed by atoms with Gasteiger partial charge in [0.1, 0.15) is 11.6 Å². The van der Waals surface area contributed by atoms with Crippen molar-refractivity contribution in [3.05, 3.63) is 52.9 Å². The number of nitrogens with zero attached hydrogens (tertiary/aromatic N) is 1. The maximum absolute atomic E-state index is 13.5. The summed E-state index contributed by atoms with van der Waals surface area (Å²) in [6, 6.07) is 6.31. The molecule has 1 heterocycles. The number of nitrogens with one attached hydrogen (secondary N) is 1. The normalized spacial score (nSPS) is 10.2. The first-order valence-corrected chi connectivity index (χ1v) is 5.93. The molecule has 1 aromatic carbocycles. The lowest BCUT2D eigenvalue weighted by Crippen LogP contribution is -2.33. The van der Waals surface area contributed by atoms with Crippen LogP contribution in [-0.4, -0.2) is 28.1 Å². The van der Waals surface area contributed by atoms with Gasteiger partial charge >= 0.3 is 7.12 Å². The van der Waals surface area contributed by atoms with Gasteiger partial charge in [-0.1, -0.05) is 17.7 Å². The van der Waals surface area contributed by atoms with Crippen molar-refractivity contribution in [1.29, 1.82) is 0 Å². The van der Waals surface area contributed by atoms with Crippen LogP contribution in [0.15, 0.2) is 36.5 Å². The molecule has 3 N–H and O–H groups in total. The van der Waals surface area contributed by atoms with Crippen molar-refractivity contribution < 1.29 is 19.2 Å².